The zero-order valence-corrected chi connectivity index (χ0v) is 74.7. The lowest BCUT2D eigenvalue weighted by molar-refractivity contribution is -0.120. The maximum absolute atomic E-state index is 14.7. The van der Waals surface area contributed by atoms with Crippen molar-refractivity contribution in [3.63, 3.8) is 0 Å². The summed E-state index contributed by atoms with van der Waals surface area (Å²) >= 11 is 10.4. The summed E-state index contributed by atoms with van der Waals surface area (Å²) in [5.41, 5.74) is 31.9. The van der Waals surface area contributed by atoms with E-state index < -0.39 is 28.6 Å². The molecule has 13 aromatic heterocycles. The molecule has 0 saturated carbocycles. The van der Waals surface area contributed by atoms with E-state index in [0.717, 1.165) is 36.7 Å². The molecule has 32 nitrogen and oxygen atoms in total. The van der Waals surface area contributed by atoms with Gasteiger partial charge in [-0.3, -0.25) is 33.1 Å². The lowest BCUT2D eigenvalue weighted by Crippen LogP contribution is -2.27. The molecule has 0 radical (unpaired) electrons. The average Bonchev–Trinajstić information content (AvgIpc) is 1.38. The molecule has 0 aliphatic rings. The largest absolute Gasteiger partial charge is 0.508 e. The highest BCUT2D eigenvalue weighted by Crippen LogP contribution is 2.37. The molecule has 0 unspecified atom stereocenters. The molecule has 7 aromatic carbocycles. The van der Waals surface area contributed by atoms with Gasteiger partial charge in [0.25, 0.3) is 28.7 Å². The first-order valence-electron chi connectivity index (χ1n) is 40.1. The average molecular weight is 1990 g/mol. The fourth-order valence-electron chi connectivity index (χ4n) is 16.1. The van der Waals surface area contributed by atoms with E-state index in [2.05, 4.69) is 77.6 Å². The van der Waals surface area contributed by atoms with Crippen LogP contribution >= 0.6 is 56.8 Å². The number of nitrogens with two attached hydrogens (primary N) is 4. The Hall–Kier alpha value is -15.3. The fraction of sp³-hybridized carbons (Fsp3) is 0.130. The molecule has 20 rings (SSSR count). The number of hydrogen-bond acceptors (Lipinski definition) is 24. The van der Waals surface area contributed by atoms with Crippen molar-refractivity contribution >= 4 is 174 Å². The van der Waals surface area contributed by atoms with Gasteiger partial charge < -0.3 is 41.9 Å². The van der Waals surface area contributed by atoms with Crippen LogP contribution < -0.4 is 49.9 Å². The molecule has 0 bridgehead atoms. The molecule has 650 valence electrons. The predicted octanol–water partition coefficient (Wildman–Crippen LogP) is 15.1. The molecule has 0 aliphatic heterocycles. The topological polar surface area (TPSA) is 426 Å². The van der Waals surface area contributed by atoms with Gasteiger partial charge >= 0.3 is 0 Å². The Morgan fingerprint density at radius 2 is 0.823 bits per heavy atom. The van der Waals surface area contributed by atoms with Crippen molar-refractivity contribution in [1.29, 1.82) is 0 Å². The third-order valence-corrected chi connectivity index (χ3v) is 23.6. The first-order chi connectivity index (χ1) is 62.6. The number of pyridine rings is 5. The van der Waals surface area contributed by atoms with Gasteiger partial charge in [0.15, 0.2) is 22.6 Å². The van der Waals surface area contributed by atoms with E-state index in [-0.39, 0.29) is 82.5 Å². The zero-order valence-electron chi connectivity index (χ0n) is 69.6. The molecule has 9 N–H and O–H groups in total. The minimum absolute atomic E-state index is 0.0213. The Morgan fingerprint density at radius 3 is 1.34 bits per heavy atom. The summed E-state index contributed by atoms with van der Waals surface area (Å²) < 4.78 is 62.7. The van der Waals surface area contributed by atoms with Crippen LogP contribution in [0.15, 0.2) is 233 Å². The van der Waals surface area contributed by atoms with Crippen LogP contribution in [-0.4, -0.2) is 114 Å². The minimum Gasteiger partial charge on any atom is -0.508 e. The standard InChI is InChI=1S/C29H23N7O3.C24H21FN6O2.C21H13F2IN6O.C18H16ClIN6O/c1-17-6-3-8-19-12-21(36(29(38)23(17)19)27-18(2)7-5-11-31-27)14-35-28-24(26(30)32-15-33-28)25(34-35)20-9-4-10-22(13-20)39-16-37;1-13(2)31-16(9-14-5-4-8-18(25)19(14)24(31)33)11-30-23-20(22(26)27-12-28-23)21(29-30)15-6-3-7-17(32)10-15;22-13-5-1-2-7-15(13)30-12(8-11-4-3-6-14(23)16(11)21(30)31)9-29-20-17(18(24)28-29)19(25)26-10-27-20;1-9(2)26-11(6-10-4-3-5-12(19)13(10)18(26)27)7-25-17-14(15(20)24-25)16(21)22-8-23-17/h3-13,15-16H,14H2,1-2H3,(H2,30,32,33);3-10,12-13,32H,11H2,1-2H3,(H2,26,27,28);1-8,10H,9H2,(H2,25,26,27);3-6,8-9H,7H2,1-2H3,(H2,21,22,23). The van der Waals surface area contributed by atoms with Crippen LogP contribution in [0.3, 0.4) is 0 Å². The molecule has 0 fully saturated rings. The summed E-state index contributed by atoms with van der Waals surface area (Å²) in [4.78, 5) is 103. The Morgan fingerprint density at radius 1 is 0.415 bits per heavy atom. The highest BCUT2D eigenvalue weighted by Gasteiger charge is 2.27. The number of halogens is 6. The lowest BCUT2D eigenvalue weighted by atomic mass is 10.1. The van der Waals surface area contributed by atoms with Gasteiger partial charge in [-0.25, -0.2) is 76.8 Å². The van der Waals surface area contributed by atoms with Crippen molar-refractivity contribution in [1.82, 2.24) is 102 Å². The number of aryl methyl sites for hydroxylation is 2. The van der Waals surface area contributed by atoms with E-state index >= 15 is 0 Å². The van der Waals surface area contributed by atoms with Crippen molar-refractivity contribution in [2.75, 3.05) is 22.9 Å². The van der Waals surface area contributed by atoms with E-state index in [1.165, 1.54) is 66.3 Å². The molecule has 0 spiro atoms. The molecule has 0 amide bonds. The number of carbonyl (C=O) groups excluding carboxylic acids is 1. The second-order valence-electron chi connectivity index (χ2n) is 30.6. The number of phenols is 1. The van der Waals surface area contributed by atoms with Gasteiger partial charge in [-0.1, -0.05) is 109 Å². The highest BCUT2D eigenvalue weighted by molar-refractivity contribution is 14.1. The van der Waals surface area contributed by atoms with Gasteiger partial charge in [0, 0.05) is 46.5 Å². The molecule has 13 heterocycles. The van der Waals surface area contributed by atoms with E-state index in [9.17, 15) is 42.3 Å². The van der Waals surface area contributed by atoms with Crippen LogP contribution in [0.5, 0.6) is 11.5 Å². The number of nitrogen functional groups attached to an aromatic ring is 4. The molecule has 0 aliphatic carbocycles. The van der Waals surface area contributed by atoms with Crippen molar-refractivity contribution < 1.29 is 27.8 Å². The number of anilines is 4. The molecule has 130 heavy (non-hydrogen) atoms. The number of nitrogens with zero attached hydrogens (tertiary/aromatic N) is 21. The number of aromatic nitrogens is 21. The van der Waals surface area contributed by atoms with Crippen molar-refractivity contribution in [3.05, 3.63) is 319 Å². The maximum Gasteiger partial charge on any atom is 0.298 e. The van der Waals surface area contributed by atoms with Crippen molar-refractivity contribution in [3.8, 4) is 45.5 Å². The van der Waals surface area contributed by atoms with E-state index in [1.54, 1.807) is 124 Å². The van der Waals surface area contributed by atoms with Gasteiger partial charge in [0.05, 0.1) is 85.7 Å². The monoisotopic (exact) mass is 1990 g/mol. The predicted molar refractivity (Wildman–Crippen MR) is 508 cm³/mol. The summed E-state index contributed by atoms with van der Waals surface area (Å²) in [7, 11) is 0. The second kappa shape index (κ2) is 35.9. The molecular formula is C92H73ClF3I2N25O7. The van der Waals surface area contributed by atoms with Gasteiger partial charge in [0.2, 0.25) is 0 Å². The number of phenolic OH excluding ortho intramolecular Hbond substituents is 1. The third kappa shape index (κ3) is 16.3. The fourth-order valence-corrected chi connectivity index (χ4v) is 17.9. The number of hydrogen-bond donors (Lipinski definition) is 5. The van der Waals surface area contributed by atoms with Crippen LogP contribution in [0.2, 0.25) is 5.02 Å². The van der Waals surface area contributed by atoms with Crippen LogP contribution in [0, 0.1) is 38.7 Å². The Balaban J connectivity index is 0.000000122. The van der Waals surface area contributed by atoms with Gasteiger partial charge in [0.1, 0.15) is 102 Å². The summed E-state index contributed by atoms with van der Waals surface area (Å²) in [6.45, 7) is 12.8. The number of benzene rings is 7. The summed E-state index contributed by atoms with van der Waals surface area (Å²) in [6.07, 6.45) is 7.15. The Bertz CT molecular complexity index is 8240. The van der Waals surface area contributed by atoms with E-state index in [0.29, 0.717) is 139 Å². The van der Waals surface area contributed by atoms with Crippen LogP contribution in [0.4, 0.5) is 36.4 Å². The van der Waals surface area contributed by atoms with Crippen molar-refractivity contribution in [2.24, 2.45) is 0 Å². The zero-order chi connectivity index (χ0) is 91.4. The number of rotatable bonds is 16. The van der Waals surface area contributed by atoms with E-state index in [1.807, 2.05) is 125 Å². The number of carbonyl (C=O) groups is 1. The molecule has 20 aromatic rings. The maximum atomic E-state index is 14.7. The number of ether oxygens (including phenoxy) is 1. The number of para-hydroxylation sites is 1. The smallest absolute Gasteiger partial charge is 0.298 e. The summed E-state index contributed by atoms with van der Waals surface area (Å²) in [5, 5.41) is 35.1. The second-order valence-corrected chi connectivity index (χ2v) is 33.1. The first-order valence-corrected chi connectivity index (χ1v) is 42.7. The van der Waals surface area contributed by atoms with Crippen LogP contribution in [-0.2, 0) is 31.0 Å². The normalized spacial score (nSPS) is 11.5. The summed E-state index contributed by atoms with van der Waals surface area (Å²) in [5.74, 6) is 0.380. The number of aromatic hydroxyl groups is 1. The van der Waals surface area contributed by atoms with Gasteiger partial charge in [-0.05, 0) is 204 Å². The molecule has 0 atom stereocenters. The van der Waals surface area contributed by atoms with E-state index in [4.69, 9.17) is 49.5 Å². The molecular weight excluding hydrogens is 1910 g/mol. The Labute approximate surface area is 765 Å². The van der Waals surface area contributed by atoms with Gasteiger partial charge in [-0.15, -0.1) is 0 Å². The Kier molecular flexibility index (Phi) is 24.0. The minimum atomic E-state index is -0.668. The molecule has 38 heteroatoms. The van der Waals surface area contributed by atoms with Gasteiger partial charge in [-0.2, -0.15) is 20.4 Å². The lowest BCUT2D eigenvalue weighted by Gasteiger charge is -2.18. The van der Waals surface area contributed by atoms with Crippen LogP contribution in [0.1, 0.15) is 73.7 Å². The number of fused-ring (bicyclic) bond motifs is 8. The quantitative estimate of drug-likeness (QED) is 0.0443. The first kappa shape index (κ1) is 86.8. The highest BCUT2D eigenvalue weighted by atomic mass is 127. The van der Waals surface area contributed by atoms with Crippen molar-refractivity contribution in [2.45, 2.75) is 79.8 Å². The molecule has 0 saturated heterocycles. The third-order valence-electron chi connectivity index (χ3n) is 21.8. The SMILES string of the molecule is CC(C)n1c(Cn2nc(-c3cccc(O)c3)c3c(N)ncnc32)cc2cccc(F)c2c1=O.CC(C)n1c(Cn2nc(I)c3c(N)ncnc32)cc2cccc(Cl)c2c1=O.Cc1cccnc1-n1c(Cn2nc(-c3cccc(OC=O)c3)c3c(N)ncnc32)cc2cccc(C)c2c1=O.Nc1ncnc2c1c(I)nn2Cc1cc2cccc(F)c2c(=O)n1-c1ccccc1F. The van der Waals surface area contributed by atoms with Crippen LogP contribution in [0.25, 0.3) is 121 Å². The summed E-state index contributed by atoms with van der Waals surface area (Å²) in [6, 6.07) is 50.6.